The third-order valence-electron chi connectivity index (χ3n) is 9.63. The highest BCUT2D eigenvalue weighted by Crippen LogP contribution is 2.50. The van der Waals surface area contributed by atoms with Gasteiger partial charge in [-0.15, -0.1) is 12.3 Å². The zero-order valence-electron chi connectivity index (χ0n) is 29.5. The highest BCUT2D eigenvalue weighted by atomic mass is 28.4. The zero-order valence-corrected chi connectivity index (χ0v) is 30.5. The SMILES string of the molecule is C#CC[C@H](C)C[C@H](OCc1ccc(OC)cc1)[C@@H]1O[C@]2(C[C@@H]1O[Si](C)(C)C(C)(C)C)[C@H](C)C[C@H](C)CN2C(=O)OC(C)(C)C. The van der Waals surface area contributed by atoms with E-state index >= 15 is 0 Å². The Labute approximate surface area is 268 Å². The molecule has 8 heteroatoms. The van der Waals surface area contributed by atoms with Gasteiger partial charge in [-0.25, -0.2) is 4.79 Å². The third kappa shape index (κ3) is 8.81. The predicted octanol–water partition coefficient (Wildman–Crippen LogP) is 8.42. The molecular weight excluding hydrogens is 570 g/mol. The average Bonchev–Trinajstić information content (AvgIpc) is 3.26. The number of rotatable bonds is 10. The van der Waals surface area contributed by atoms with Crippen molar-refractivity contribution < 1.29 is 28.2 Å². The Kier molecular flexibility index (Phi) is 11.7. The standard InChI is InChI=1S/C36H59NO6Si/c1-14-15-25(2)21-30(40-24-28-16-18-29(39-11)19-17-28)32-31(43-44(12,13)35(8,9)10)22-36(41-32)27(4)20-26(3)23-37(36)33(38)42-34(5,6)7/h1,16-19,25-27,30-32H,15,20-24H2,2-13H3/t25-,26-,27+,30-,31-,32-,36+/m0/s1. The number of piperidine rings is 1. The van der Waals surface area contributed by atoms with Crippen molar-refractivity contribution in [3.8, 4) is 18.1 Å². The lowest BCUT2D eigenvalue weighted by Gasteiger charge is -2.50. The van der Waals surface area contributed by atoms with Crippen molar-refractivity contribution in [1.82, 2.24) is 4.90 Å². The Morgan fingerprint density at radius 1 is 1.16 bits per heavy atom. The molecule has 2 aliphatic rings. The molecule has 7 atom stereocenters. The number of hydrogen-bond donors (Lipinski definition) is 0. The molecule has 248 valence electrons. The van der Waals surface area contributed by atoms with Crippen molar-refractivity contribution in [1.29, 1.82) is 0 Å². The van der Waals surface area contributed by atoms with E-state index in [0.29, 0.717) is 31.9 Å². The van der Waals surface area contributed by atoms with Crippen LogP contribution in [0.3, 0.4) is 0 Å². The first-order valence-electron chi connectivity index (χ1n) is 16.4. The van der Waals surface area contributed by atoms with Crippen molar-refractivity contribution in [2.45, 2.75) is 142 Å². The van der Waals surface area contributed by atoms with E-state index < -0.39 is 19.6 Å². The summed E-state index contributed by atoms with van der Waals surface area (Å²) in [5.74, 6) is 4.26. The van der Waals surface area contributed by atoms with Crippen molar-refractivity contribution in [2.24, 2.45) is 17.8 Å². The summed E-state index contributed by atoms with van der Waals surface area (Å²) < 4.78 is 32.6. The Morgan fingerprint density at radius 3 is 2.34 bits per heavy atom. The molecule has 0 unspecified atom stereocenters. The van der Waals surface area contributed by atoms with Crippen LogP contribution in [0.25, 0.3) is 0 Å². The Hall–Kier alpha value is -2.05. The van der Waals surface area contributed by atoms with Crippen LogP contribution in [0.1, 0.15) is 93.6 Å². The number of carbonyl (C=O) groups is 1. The highest BCUT2D eigenvalue weighted by molar-refractivity contribution is 6.74. The largest absolute Gasteiger partial charge is 0.497 e. The van der Waals surface area contributed by atoms with E-state index in [1.165, 1.54) is 0 Å². The molecule has 0 N–H and O–H groups in total. The minimum absolute atomic E-state index is 0.00105. The molecule has 44 heavy (non-hydrogen) atoms. The summed E-state index contributed by atoms with van der Waals surface area (Å²) >= 11 is 0. The molecule has 2 aliphatic heterocycles. The number of hydrogen-bond acceptors (Lipinski definition) is 6. The average molecular weight is 630 g/mol. The molecule has 1 amide bonds. The Balaban J connectivity index is 2.06. The number of ether oxygens (including phenoxy) is 4. The van der Waals surface area contributed by atoms with Crippen molar-refractivity contribution in [3.05, 3.63) is 29.8 Å². The molecule has 0 aliphatic carbocycles. The lowest BCUT2D eigenvalue weighted by atomic mass is 9.80. The zero-order chi connectivity index (χ0) is 33.1. The van der Waals surface area contributed by atoms with Gasteiger partial charge in [0.2, 0.25) is 0 Å². The fraction of sp³-hybridized carbons (Fsp3) is 0.750. The summed E-state index contributed by atoms with van der Waals surface area (Å²) in [6, 6.07) is 7.94. The molecule has 1 aromatic rings. The van der Waals surface area contributed by atoms with Crippen LogP contribution >= 0.6 is 0 Å². The summed E-state index contributed by atoms with van der Waals surface area (Å²) in [4.78, 5) is 15.7. The van der Waals surface area contributed by atoms with Crippen LogP contribution < -0.4 is 4.74 Å². The van der Waals surface area contributed by atoms with Crippen molar-refractivity contribution in [2.75, 3.05) is 13.7 Å². The monoisotopic (exact) mass is 629 g/mol. The lowest BCUT2D eigenvalue weighted by molar-refractivity contribution is -0.215. The van der Waals surface area contributed by atoms with Crippen LogP contribution in [0.2, 0.25) is 18.1 Å². The molecule has 2 saturated heterocycles. The number of benzene rings is 1. The molecule has 3 rings (SSSR count). The van der Waals surface area contributed by atoms with Gasteiger partial charge in [-0.1, -0.05) is 53.7 Å². The summed E-state index contributed by atoms with van der Waals surface area (Å²) in [5, 5.41) is 0.00105. The van der Waals surface area contributed by atoms with Gasteiger partial charge in [0, 0.05) is 25.3 Å². The fourth-order valence-electron chi connectivity index (χ4n) is 6.28. The maximum absolute atomic E-state index is 13.8. The second kappa shape index (κ2) is 14.2. The van der Waals surface area contributed by atoms with Crippen LogP contribution in [0.4, 0.5) is 4.79 Å². The van der Waals surface area contributed by atoms with Crippen molar-refractivity contribution >= 4 is 14.4 Å². The third-order valence-corrected chi connectivity index (χ3v) is 14.1. The number of nitrogens with zero attached hydrogens (tertiary/aromatic N) is 1. The normalized spacial score (nSPS) is 27.6. The van der Waals surface area contributed by atoms with Gasteiger partial charge in [0.25, 0.3) is 0 Å². The maximum atomic E-state index is 13.8. The van der Waals surface area contributed by atoms with E-state index in [1.54, 1.807) is 7.11 Å². The lowest BCUT2D eigenvalue weighted by Crippen LogP contribution is -2.61. The minimum Gasteiger partial charge on any atom is -0.497 e. The van der Waals surface area contributed by atoms with Gasteiger partial charge in [-0.2, -0.15) is 0 Å². The Morgan fingerprint density at radius 2 is 1.80 bits per heavy atom. The minimum atomic E-state index is -2.23. The highest BCUT2D eigenvalue weighted by Gasteiger charge is 2.61. The number of amides is 1. The molecule has 7 nitrogen and oxygen atoms in total. The number of likely N-dealkylation sites (tertiary alicyclic amines) is 1. The molecule has 0 radical (unpaired) electrons. The molecule has 1 spiro atoms. The predicted molar refractivity (Wildman–Crippen MR) is 179 cm³/mol. The van der Waals surface area contributed by atoms with E-state index in [4.69, 9.17) is 29.8 Å². The van der Waals surface area contributed by atoms with Crippen LogP contribution in [0.15, 0.2) is 24.3 Å². The first kappa shape index (κ1) is 36.4. The summed E-state index contributed by atoms with van der Waals surface area (Å²) in [7, 11) is -0.565. The van der Waals surface area contributed by atoms with Crippen LogP contribution in [-0.4, -0.2) is 62.6 Å². The van der Waals surface area contributed by atoms with E-state index in [1.807, 2.05) is 49.9 Å². The summed E-state index contributed by atoms with van der Waals surface area (Å²) in [5.41, 5.74) is -0.430. The first-order chi connectivity index (χ1) is 20.3. The molecule has 2 fully saturated rings. The Bertz CT molecular complexity index is 1130. The molecule has 2 heterocycles. The molecule has 0 aromatic heterocycles. The summed E-state index contributed by atoms with van der Waals surface area (Å²) in [6.45, 7) is 24.6. The maximum Gasteiger partial charge on any atom is 0.412 e. The molecule has 0 bridgehead atoms. The smallest absolute Gasteiger partial charge is 0.412 e. The fourth-order valence-corrected chi connectivity index (χ4v) is 7.61. The van der Waals surface area contributed by atoms with E-state index in [-0.39, 0.29) is 41.3 Å². The second-order valence-electron chi connectivity index (χ2n) is 15.8. The van der Waals surface area contributed by atoms with E-state index in [9.17, 15) is 4.79 Å². The molecular formula is C36H59NO6Si. The topological polar surface area (TPSA) is 66.5 Å². The van der Waals surface area contributed by atoms with Gasteiger partial charge < -0.3 is 23.4 Å². The van der Waals surface area contributed by atoms with Gasteiger partial charge in [0.1, 0.15) is 17.5 Å². The van der Waals surface area contributed by atoms with Gasteiger partial charge in [0.15, 0.2) is 14.0 Å². The van der Waals surface area contributed by atoms with Gasteiger partial charge in [-0.3, -0.25) is 4.90 Å². The van der Waals surface area contributed by atoms with Gasteiger partial charge in [0.05, 0.1) is 25.9 Å². The quantitative estimate of drug-likeness (QED) is 0.191. The van der Waals surface area contributed by atoms with Crippen molar-refractivity contribution in [3.63, 3.8) is 0 Å². The molecule has 1 aromatic carbocycles. The number of methoxy groups -OCH3 is 1. The van der Waals surface area contributed by atoms with Crippen LogP contribution in [0, 0.1) is 30.1 Å². The number of carbonyl (C=O) groups excluding carboxylic acids is 1. The summed E-state index contributed by atoms with van der Waals surface area (Å²) in [6.07, 6.45) is 7.36. The molecule has 0 saturated carbocycles. The number of terminal acetylenes is 1. The van der Waals surface area contributed by atoms with Crippen LogP contribution in [0.5, 0.6) is 5.75 Å². The second-order valence-corrected chi connectivity index (χ2v) is 20.6. The van der Waals surface area contributed by atoms with Gasteiger partial charge in [-0.05, 0) is 81.3 Å². The van der Waals surface area contributed by atoms with Crippen LogP contribution in [-0.2, 0) is 25.2 Å². The van der Waals surface area contributed by atoms with E-state index in [2.05, 4.69) is 60.6 Å². The van der Waals surface area contributed by atoms with E-state index in [0.717, 1.165) is 24.2 Å². The van der Waals surface area contributed by atoms with Gasteiger partial charge >= 0.3 is 6.09 Å². The first-order valence-corrected chi connectivity index (χ1v) is 19.3.